The van der Waals surface area contributed by atoms with Crippen LogP contribution in [0.1, 0.15) is 0 Å². The summed E-state index contributed by atoms with van der Waals surface area (Å²) in [6.07, 6.45) is 0. The number of hydrogen-bond acceptors (Lipinski definition) is 0. The molecule has 0 nitrogen and oxygen atoms in total. The first kappa shape index (κ1) is 17.7. The van der Waals surface area contributed by atoms with Gasteiger partial charge in [0, 0.05) is 17.1 Å². The Morgan fingerprint density at radius 2 is 1.50 bits per heavy atom. The van der Waals surface area contributed by atoms with Crippen LogP contribution in [0, 0.1) is 0 Å². The van der Waals surface area contributed by atoms with E-state index in [1.807, 2.05) is 54.6 Å². The second kappa shape index (κ2) is 9.55. The SMILES string of the molecule is Br[c-]1[cH-][cH-][cH-][cH-]1.ClP(c1ccccc1)[c-]1cccc1.[Fe]. The van der Waals surface area contributed by atoms with Crippen LogP contribution >= 0.6 is 34.4 Å². The first-order valence-corrected chi connectivity index (χ1v) is 8.91. The summed E-state index contributed by atoms with van der Waals surface area (Å²) in [7, 11) is -0.662. The minimum atomic E-state index is -0.662. The Morgan fingerprint density at radius 1 is 0.950 bits per heavy atom. The molecule has 0 saturated carbocycles. The number of benzene rings is 1. The number of hydrogen-bond donors (Lipinski definition) is 0. The Labute approximate surface area is 145 Å². The van der Waals surface area contributed by atoms with Gasteiger partial charge in [-0.2, -0.15) is 12.1 Å². The van der Waals surface area contributed by atoms with Crippen LogP contribution in [-0.2, 0) is 17.1 Å². The molecule has 0 N–H and O–H groups in total. The van der Waals surface area contributed by atoms with E-state index < -0.39 is 7.27 Å². The molecule has 3 aromatic carbocycles. The van der Waals surface area contributed by atoms with Crippen molar-refractivity contribution in [2.45, 2.75) is 0 Å². The van der Waals surface area contributed by atoms with Crippen molar-refractivity contribution in [3.63, 3.8) is 0 Å². The largest absolute Gasteiger partial charge is 0.747 e. The summed E-state index contributed by atoms with van der Waals surface area (Å²) in [5.74, 6) is 0. The molecular formula is C16H13BrClFeP-6. The van der Waals surface area contributed by atoms with Crippen molar-refractivity contribution in [1.82, 2.24) is 0 Å². The molecular weight excluding hydrogens is 394 g/mol. The van der Waals surface area contributed by atoms with Gasteiger partial charge in [0.2, 0.25) is 0 Å². The minimum Gasteiger partial charge on any atom is -0.747 e. The molecule has 1 unspecified atom stereocenters. The van der Waals surface area contributed by atoms with Gasteiger partial charge < -0.3 is 44.7 Å². The van der Waals surface area contributed by atoms with Gasteiger partial charge in [-0.15, -0.1) is 16.5 Å². The average molecular weight is 407 g/mol. The summed E-state index contributed by atoms with van der Waals surface area (Å²) in [6.45, 7) is 0. The minimum absolute atomic E-state index is 0. The van der Waals surface area contributed by atoms with Crippen LogP contribution in [-0.4, -0.2) is 0 Å². The fraction of sp³-hybridized carbons (Fsp3) is 0. The summed E-state index contributed by atoms with van der Waals surface area (Å²) in [5, 5.41) is 2.44. The topological polar surface area (TPSA) is 0 Å². The van der Waals surface area contributed by atoms with E-state index in [0.29, 0.717) is 0 Å². The zero-order chi connectivity index (χ0) is 13.5. The van der Waals surface area contributed by atoms with Gasteiger partial charge in [-0.1, -0.05) is 30.3 Å². The quantitative estimate of drug-likeness (QED) is 0.313. The molecule has 0 bridgehead atoms. The maximum atomic E-state index is 6.34. The van der Waals surface area contributed by atoms with E-state index in [1.165, 1.54) is 10.6 Å². The predicted molar refractivity (Wildman–Crippen MR) is 90.3 cm³/mol. The van der Waals surface area contributed by atoms with Crippen LogP contribution < -0.4 is 10.6 Å². The number of halogens is 2. The van der Waals surface area contributed by atoms with E-state index in [0.717, 1.165) is 4.47 Å². The first-order chi connectivity index (χ1) is 9.27. The summed E-state index contributed by atoms with van der Waals surface area (Å²) in [5.41, 5.74) is 0. The van der Waals surface area contributed by atoms with Gasteiger partial charge in [-0.25, -0.2) is 12.1 Å². The Morgan fingerprint density at radius 3 is 1.95 bits per heavy atom. The van der Waals surface area contributed by atoms with Crippen LogP contribution in [0.15, 0.2) is 83.3 Å². The van der Waals surface area contributed by atoms with Gasteiger partial charge in [0.25, 0.3) is 0 Å². The maximum Gasteiger partial charge on any atom is 0 e. The van der Waals surface area contributed by atoms with Crippen LogP contribution in [0.5, 0.6) is 0 Å². The molecule has 0 amide bonds. The van der Waals surface area contributed by atoms with E-state index in [-0.39, 0.29) is 17.1 Å². The summed E-state index contributed by atoms with van der Waals surface area (Å²) < 4.78 is 1.16. The third-order valence-electron chi connectivity index (χ3n) is 2.48. The van der Waals surface area contributed by atoms with Gasteiger partial charge in [-0.3, -0.25) is 0 Å². The maximum absolute atomic E-state index is 6.34. The Hall–Kier alpha value is -0.361. The summed E-state index contributed by atoms with van der Waals surface area (Å²) in [4.78, 5) is 0. The summed E-state index contributed by atoms with van der Waals surface area (Å²) >= 11 is 9.62. The molecule has 3 aromatic rings. The van der Waals surface area contributed by atoms with E-state index in [2.05, 4.69) is 40.2 Å². The molecule has 0 fully saturated rings. The van der Waals surface area contributed by atoms with E-state index in [1.54, 1.807) is 0 Å². The van der Waals surface area contributed by atoms with E-state index in [9.17, 15) is 0 Å². The molecule has 20 heavy (non-hydrogen) atoms. The van der Waals surface area contributed by atoms with Crippen LogP contribution in [0.2, 0.25) is 0 Å². The number of rotatable bonds is 2. The van der Waals surface area contributed by atoms with Crippen molar-refractivity contribution in [2.75, 3.05) is 0 Å². The molecule has 1 atom stereocenters. The molecule has 0 radical (unpaired) electrons. The zero-order valence-corrected chi connectivity index (χ0v) is 14.9. The van der Waals surface area contributed by atoms with Crippen molar-refractivity contribution >= 4 is 45.1 Å². The van der Waals surface area contributed by atoms with Gasteiger partial charge in [-0.05, 0) is 12.6 Å². The fourth-order valence-corrected chi connectivity index (χ4v) is 3.70. The van der Waals surface area contributed by atoms with Crippen LogP contribution in [0.4, 0.5) is 0 Å². The van der Waals surface area contributed by atoms with Crippen molar-refractivity contribution < 1.29 is 17.1 Å². The third kappa shape index (κ3) is 5.56. The zero-order valence-electron chi connectivity index (χ0n) is 10.6. The predicted octanol–water partition coefficient (Wildman–Crippen LogP) is 5.16. The standard InChI is InChI=1S/C11H9ClP.C5H4Br.Fe/c12-13(11-8-4-5-9-11)10-6-2-1-3-7-10;6-5-3-1-2-4-5;/h1-9H;1-4H;/q-1;-5;. The average Bonchev–Trinajstić information content (AvgIpc) is 3.12. The van der Waals surface area contributed by atoms with E-state index in [4.69, 9.17) is 11.2 Å². The van der Waals surface area contributed by atoms with E-state index >= 15 is 0 Å². The van der Waals surface area contributed by atoms with Crippen molar-refractivity contribution in [2.24, 2.45) is 0 Å². The van der Waals surface area contributed by atoms with Crippen molar-refractivity contribution in [3.8, 4) is 0 Å². The Balaban J connectivity index is 0.000000243. The molecule has 0 saturated heterocycles. The molecule has 0 aromatic heterocycles. The second-order valence-electron chi connectivity index (χ2n) is 3.86. The molecule has 0 spiro atoms. The molecule has 0 aliphatic carbocycles. The molecule has 0 heterocycles. The molecule has 0 aliphatic rings. The van der Waals surface area contributed by atoms with Gasteiger partial charge in [0.05, 0.1) is 0 Å². The molecule has 4 heteroatoms. The second-order valence-corrected chi connectivity index (χ2v) is 7.39. The Bertz CT molecular complexity index is 564. The molecule has 0 aliphatic heterocycles. The fourth-order valence-electron chi connectivity index (χ4n) is 1.55. The first-order valence-electron chi connectivity index (χ1n) is 5.87. The Kier molecular flexibility index (Phi) is 8.45. The van der Waals surface area contributed by atoms with Gasteiger partial charge in [0.1, 0.15) is 0 Å². The van der Waals surface area contributed by atoms with Crippen molar-refractivity contribution in [1.29, 1.82) is 0 Å². The summed E-state index contributed by atoms with van der Waals surface area (Å²) in [6, 6.07) is 26.4. The van der Waals surface area contributed by atoms with Crippen LogP contribution in [0.3, 0.4) is 0 Å². The van der Waals surface area contributed by atoms with Gasteiger partial charge in [0.15, 0.2) is 0 Å². The third-order valence-corrected chi connectivity index (χ3v) is 5.68. The van der Waals surface area contributed by atoms with Gasteiger partial charge >= 0.3 is 0 Å². The molecule has 110 valence electrons. The molecule has 3 rings (SSSR count). The normalized spacial score (nSPS) is 10.9. The monoisotopic (exact) mass is 406 g/mol. The van der Waals surface area contributed by atoms with Crippen molar-refractivity contribution in [3.05, 3.63) is 83.3 Å². The van der Waals surface area contributed by atoms with Crippen LogP contribution in [0.25, 0.3) is 0 Å². The smallest absolute Gasteiger partial charge is 0 e.